The Morgan fingerprint density at radius 3 is 2.70 bits per heavy atom. The van der Waals surface area contributed by atoms with Gasteiger partial charge in [0, 0.05) is 24.5 Å². The minimum absolute atomic E-state index is 0.0186. The zero-order chi connectivity index (χ0) is 19.8. The summed E-state index contributed by atoms with van der Waals surface area (Å²) in [5.74, 6) is 0.342. The van der Waals surface area contributed by atoms with E-state index in [0.29, 0.717) is 47.6 Å². The molecule has 0 saturated heterocycles. The minimum atomic E-state index is -0.696. The Hall–Kier alpha value is -3.07. The van der Waals surface area contributed by atoms with Crippen molar-refractivity contribution in [2.75, 3.05) is 6.61 Å². The molecule has 1 heterocycles. The number of nitrogens with zero attached hydrogens (tertiary/aromatic N) is 1. The average molecular weight is 367 g/mol. The molecule has 0 atom stereocenters. The Morgan fingerprint density at radius 1 is 1.30 bits per heavy atom. The number of benzene rings is 1. The molecule has 1 aromatic heterocycles. The number of Topliss-reactive ketones (excluding diaryl/α,β-unsaturated/α-hetero) is 1. The number of rotatable bonds is 4. The molecule has 0 aliphatic heterocycles. The second-order valence-corrected chi connectivity index (χ2v) is 7.39. The highest BCUT2D eigenvalue weighted by Crippen LogP contribution is 2.39. The molecular formula is C21H21NO5. The normalized spacial score (nSPS) is 15.0. The number of hydrogen-bond donors (Lipinski definition) is 0. The predicted octanol–water partition coefficient (Wildman–Crippen LogP) is 4.23. The van der Waals surface area contributed by atoms with E-state index in [2.05, 4.69) is 0 Å². The Labute approximate surface area is 157 Å². The number of hydrogen-bond acceptors (Lipinski definition) is 6. The monoisotopic (exact) mass is 367 g/mol. The molecule has 0 amide bonds. The van der Waals surface area contributed by atoms with Crippen LogP contribution in [0.15, 0.2) is 22.6 Å². The van der Waals surface area contributed by atoms with Crippen LogP contribution in [-0.4, -0.2) is 18.4 Å². The maximum absolute atomic E-state index is 12.7. The highest BCUT2D eigenvalue weighted by atomic mass is 16.6. The van der Waals surface area contributed by atoms with E-state index in [1.807, 2.05) is 19.9 Å². The molecule has 6 nitrogen and oxygen atoms in total. The third-order valence-corrected chi connectivity index (χ3v) is 4.54. The van der Waals surface area contributed by atoms with Crippen LogP contribution in [0.1, 0.15) is 65.0 Å². The average Bonchev–Trinajstić information content (AvgIpc) is 2.92. The van der Waals surface area contributed by atoms with Crippen molar-refractivity contribution < 1.29 is 23.5 Å². The first-order chi connectivity index (χ1) is 12.8. The van der Waals surface area contributed by atoms with Crippen molar-refractivity contribution in [3.05, 3.63) is 46.4 Å². The van der Waals surface area contributed by atoms with Crippen molar-refractivity contribution in [3.63, 3.8) is 0 Å². The number of esters is 1. The lowest BCUT2D eigenvalue weighted by Gasteiger charge is -2.27. The minimum Gasteiger partial charge on any atom is -0.490 e. The molecule has 0 bridgehead atoms. The number of ether oxygens (including phenoxy) is 2. The quantitative estimate of drug-likeness (QED) is 0.593. The van der Waals surface area contributed by atoms with Gasteiger partial charge in [0.1, 0.15) is 5.76 Å². The van der Waals surface area contributed by atoms with Gasteiger partial charge in [-0.25, -0.2) is 4.79 Å². The summed E-state index contributed by atoms with van der Waals surface area (Å²) in [5, 5.41) is 9.02. The third kappa shape index (κ3) is 3.59. The highest BCUT2D eigenvalue weighted by molar-refractivity contribution is 6.03. The van der Waals surface area contributed by atoms with E-state index in [-0.39, 0.29) is 22.7 Å². The van der Waals surface area contributed by atoms with Crippen LogP contribution < -0.4 is 9.47 Å². The first-order valence-electron chi connectivity index (χ1n) is 8.80. The largest absolute Gasteiger partial charge is 0.490 e. The second-order valence-electron chi connectivity index (χ2n) is 7.39. The van der Waals surface area contributed by atoms with Gasteiger partial charge in [-0.3, -0.25) is 4.79 Å². The lowest BCUT2D eigenvalue weighted by atomic mass is 9.76. The van der Waals surface area contributed by atoms with Crippen LogP contribution in [0.4, 0.5) is 0 Å². The van der Waals surface area contributed by atoms with Gasteiger partial charge >= 0.3 is 5.97 Å². The fraction of sp³-hybridized carbons (Fsp3) is 0.381. The van der Waals surface area contributed by atoms with Crippen LogP contribution in [-0.2, 0) is 6.42 Å². The van der Waals surface area contributed by atoms with Crippen molar-refractivity contribution in [1.82, 2.24) is 0 Å². The summed E-state index contributed by atoms with van der Waals surface area (Å²) < 4.78 is 16.6. The zero-order valence-electron chi connectivity index (χ0n) is 15.8. The number of carbonyl (C=O) groups is 2. The lowest BCUT2D eigenvalue weighted by molar-refractivity contribution is 0.0688. The van der Waals surface area contributed by atoms with Crippen LogP contribution in [0, 0.1) is 23.7 Å². The van der Waals surface area contributed by atoms with Gasteiger partial charge in [-0.05, 0) is 31.4 Å². The molecular weight excluding hydrogens is 346 g/mol. The van der Waals surface area contributed by atoms with E-state index in [1.54, 1.807) is 13.8 Å². The molecule has 0 saturated carbocycles. The first-order valence-corrected chi connectivity index (χ1v) is 8.80. The molecule has 0 spiro atoms. The number of nitriles is 1. The second kappa shape index (κ2) is 6.92. The summed E-state index contributed by atoms with van der Waals surface area (Å²) in [5.41, 5.74) is 1.19. The predicted molar refractivity (Wildman–Crippen MR) is 97.2 cm³/mol. The molecule has 0 unspecified atom stereocenters. The zero-order valence-corrected chi connectivity index (χ0v) is 15.8. The van der Waals surface area contributed by atoms with Crippen LogP contribution in [0.2, 0.25) is 0 Å². The smallest absolute Gasteiger partial charge is 0.380 e. The molecule has 140 valence electrons. The molecule has 27 heavy (non-hydrogen) atoms. The van der Waals surface area contributed by atoms with Crippen molar-refractivity contribution in [2.45, 2.75) is 40.5 Å². The number of furan rings is 1. The van der Waals surface area contributed by atoms with E-state index in [0.717, 1.165) is 0 Å². The Morgan fingerprint density at radius 2 is 2.04 bits per heavy atom. The number of carbonyl (C=O) groups excluding carboxylic acids is 2. The number of ketones is 1. The van der Waals surface area contributed by atoms with E-state index in [1.165, 1.54) is 18.2 Å². The first kappa shape index (κ1) is 18.7. The van der Waals surface area contributed by atoms with Crippen LogP contribution in [0.5, 0.6) is 11.5 Å². The summed E-state index contributed by atoms with van der Waals surface area (Å²) in [6, 6.07) is 6.57. The maximum atomic E-state index is 12.7. The molecule has 6 heteroatoms. The molecule has 0 N–H and O–H groups in total. The van der Waals surface area contributed by atoms with E-state index < -0.39 is 5.97 Å². The van der Waals surface area contributed by atoms with Crippen LogP contribution in [0.3, 0.4) is 0 Å². The molecule has 1 aliphatic carbocycles. The summed E-state index contributed by atoms with van der Waals surface area (Å²) in [4.78, 5) is 25.1. The van der Waals surface area contributed by atoms with Crippen molar-refractivity contribution in [2.24, 2.45) is 5.41 Å². The molecule has 1 aromatic carbocycles. The number of fused-ring (bicyclic) bond motifs is 1. The maximum Gasteiger partial charge on any atom is 0.380 e. The lowest BCUT2D eigenvalue weighted by Crippen LogP contribution is -2.26. The molecule has 3 rings (SSSR count). The van der Waals surface area contributed by atoms with Crippen molar-refractivity contribution >= 4 is 11.8 Å². The van der Waals surface area contributed by atoms with Gasteiger partial charge in [-0.15, -0.1) is 0 Å². The summed E-state index contributed by atoms with van der Waals surface area (Å²) in [6.07, 6.45) is 1.00. The topological polar surface area (TPSA) is 89.5 Å². The van der Waals surface area contributed by atoms with Crippen molar-refractivity contribution in [3.8, 4) is 17.6 Å². The SMILES string of the molecule is CCOc1cc(C#N)ccc1OC(=O)c1oc2c(c1C)C(=O)CC(C)(C)C2. The Bertz CT molecular complexity index is 962. The molecule has 0 radical (unpaired) electrons. The third-order valence-electron chi connectivity index (χ3n) is 4.54. The highest BCUT2D eigenvalue weighted by Gasteiger charge is 2.37. The summed E-state index contributed by atoms with van der Waals surface area (Å²) in [6.45, 7) is 7.83. The molecule has 2 aromatic rings. The van der Waals surface area contributed by atoms with Gasteiger partial charge in [0.2, 0.25) is 5.76 Å². The molecule has 0 fully saturated rings. The van der Waals surface area contributed by atoms with Gasteiger partial charge < -0.3 is 13.9 Å². The van der Waals surface area contributed by atoms with Crippen LogP contribution in [0.25, 0.3) is 0 Å². The Kier molecular flexibility index (Phi) is 4.79. The van der Waals surface area contributed by atoms with Gasteiger partial charge in [0.15, 0.2) is 17.3 Å². The van der Waals surface area contributed by atoms with E-state index in [9.17, 15) is 9.59 Å². The Balaban J connectivity index is 1.93. The molecule has 1 aliphatic rings. The van der Waals surface area contributed by atoms with Gasteiger partial charge in [-0.1, -0.05) is 13.8 Å². The standard InChI is InChI=1S/C21H21NO5/c1-5-25-16-8-13(11-22)6-7-15(16)27-20(24)19-12(2)18-14(23)9-21(3,4)10-17(18)26-19/h6-8H,5,9-10H2,1-4H3. The van der Waals surface area contributed by atoms with Crippen molar-refractivity contribution in [1.29, 1.82) is 5.26 Å². The van der Waals surface area contributed by atoms with Gasteiger partial charge in [0.05, 0.1) is 23.8 Å². The van der Waals surface area contributed by atoms with E-state index in [4.69, 9.17) is 19.2 Å². The van der Waals surface area contributed by atoms with Crippen LogP contribution >= 0.6 is 0 Å². The summed E-state index contributed by atoms with van der Waals surface area (Å²) >= 11 is 0. The van der Waals surface area contributed by atoms with E-state index >= 15 is 0 Å². The fourth-order valence-corrected chi connectivity index (χ4v) is 3.35. The van der Waals surface area contributed by atoms with Gasteiger partial charge in [0.25, 0.3) is 0 Å². The fourth-order valence-electron chi connectivity index (χ4n) is 3.35. The van der Waals surface area contributed by atoms with Gasteiger partial charge in [-0.2, -0.15) is 5.26 Å². The summed E-state index contributed by atoms with van der Waals surface area (Å²) in [7, 11) is 0.